The lowest BCUT2D eigenvalue weighted by atomic mass is 10.1. The molecule has 0 fully saturated rings. The molecule has 0 saturated heterocycles. The number of aromatic amines is 1. The lowest BCUT2D eigenvalue weighted by molar-refractivity contribution is 0.0601. The summed E-state index contributed by atoms with van der Waals surface area (Å²) in [7, 11) is 1.35. The van der Waals surface area contributed by atoms with Crippen molar-refractivity contribution in [2.75, 3.05) is 7.11 Å². The SMILES string of the molecule is COC(=O)c1ccc(-c2cc3[nH]c(=O)c4ccccc4n3n2)cc1. The van der Waals surface area contributed by atoms with Crippen LogP contribution in [-0.2, 0) is 4.74 Å². The Labute approximate surface area is 136 Å². The molecule has 4 rings (SSSR count). The third-order valence-electron chi connectivity index (χ3n) is 3.93. The Bertz CT molecular complexity index is 1120. The second-order valence-corrected chi connectivity index (χ2v) is 5.37. The number of benzene rings is 2. The molecule has 0 aliphatic heterocycles. The molecule has 0 saturated carbocycles. The highest BCUT2D eigenvalue weighted by molar-refractivity contribution is 5.90. The van der Waals surface area contributed by atoms with E-state index in [2.05, 4.69) is 10.1 Å². The van der Waals surface area contributed by atoms with E-state index in [0.29, 0.717) is 22.3 Å². The highest BCUT2D eigenvalue weighted by atomic mass is 16.5. The minimum absolute atomic E-state index is 0.148. The maximum absolute atomic E-state index is 12.1. The summed E-state index contributed by atoms with van der Waals surface area (Å²) in [5.41, 5.74) is 3.24. The van der Waals surface area contributed by atoms with Crippen LogP contribution in [-0.4, -0.2) is 27.7 Å². The van der Waals surface area contributed by atoms with Crippen LogP contribution in [0.5, 0.6) is 0 Å². The zero-order valence-corrected chi connectivity index (χ0v) is 12.8. The van der Waals surface area contributed by atoms with Gasteiger partial charge in [0.05, 0.1) is 29.3 Å². The Hall–Kier alpha value is -3.41. The molecule has 0 amide bonds. The van der Waals surface area contributed by atoms with Gasteiger partial charge >= 0.3 is 5.97 Å². The zero-order chi connectivity index (χ0) is 16.7. The van der Waals surface area contributed by atoms with Crippen molar-refractivity contribution in [3.05, 3.63) is 70.5 Å². The second-order valence-electron chi connectivity index (χ2n) is 5.37. The first-order valence-electron chi connectivity index (χ1n) is 7.37. The summed E-state index contributed by atoms with van der Waals surface area (Å²) in [6.07, 6.45) is 0. The Morgan fingerprint density at radius 3 is 2.62 bits per heavy atom. The van der Waals surface area contributed by atoms with Crippen LogP contribution in [0.3, 0.4) is 0 Å². The quantitative estimate of drug-likeness (QED) is 0.576. The predicted molar refractivity (Wildman–Crippen MR) is 90.1 cm³/mol. The fraction of sp³-hybridized carbons (Fsp3) is 0.0556. The smallest absolute Gasteiger partial charge is 0.337 e. The molecule has 0 radical (unpaired) electrons. The van der Waals surface area contributed by atoms with E-state index >= 15 is 0 Å². The van der Waals surface area contributed by atoms with Gasteiger partial charge in [-0.15, -0.1) is 0 Å². The first kappa shape index (κ1) is 14.2. The number of nitrogens with one attached hydrogen (secondary N) is 1. The maximum Gasteiger partial charge on any atom is 0.337 e. The summed E-state index contributed by atoms with van der Waals surface area (Å²) >= 11 is 0. The number of hydrogen-bond donors (Lipinski definition) is 1. The summed E-state index contributed by atoms with van der Waals surface area (Å²) < 4.78 is 6.40. The van der Waals surface area contributed by atoms with E-state index in [1.807, 2.05) is 18.2 Å². The van der Waals surface area contributed by atoms with Gasteiger partial charge in [-0.25, -0.2) is 9.31 Å². The van der Waals surface area contributed by atoms with Crippen molar-refractivity contribution < 1.29 is 9.53 Å². The van der Waals surface area contributed by atoms with Crippen LogP contribution < -0.4 is 5.56 Å². The van der Waals surface area contributed by atoms with Gasteiger partial charge in [0.2, 0.25) is 0 Å². The molecular weight excluding hydrogens is 306 g/mol. The van der Waals surface area contributed by atoms with Crippen LogP contribution in [0.15, 0.2) is 59.4 Å². The van der Waals surface area contributed by atoms with Crippen molar-refractivity contribution in [1.29, 1.82) is 0 Å². The molecule has 2 heterocycles. The van der Waals surface area contributed by atoms with E-state index in [0.717, 1.165) is 11.1 Å². The van der Waals surface area contributed by atoms with Crippen molar-refractivity contribution in [3.8, 4) is 11.3 Å². The number of carbonyl (C=O) groups excluding carboxylic acids is 1. The number of aromatic nitrogens is 3. The molecule has 0 bridgehead atoms. The number of hydrogen-bond acceptors (Lipinski definition) is 4. The average Bonchev–Trinajstić information content (AvgIpc) is 3.05. The Morgan fingerprint density at radius 2 is 1.88 bits per heavy atom. The molecule has 6 nitrogen and oxygen atoms in total. The zero-order valence-electron chi connectivity index (χ0n) is 12.8. The van der Waals surface area contributed by atoms with Crippen molar-refractivity contribution in [2.24, 2.45) is 0 Å². The molecule has 118 valence electrons. The first-order valence-corrected chi connectivity index (χ1v) is 7.37. The number of esters is 1. The standard InChI is InChI=1S/C18H13N3O3/c1-24-18(23)12-8-6-11(7-9-12)14-10-16-19-17(22)13-4-2-3-5-15(13)21(16)20-14/h2-10H,1H3,(H,19,22). The van der Waals surface area contributed by atoms with Gasteiger partial charge in [0, 0.05) is 11.6 Å². The monoisotopic (exact) mass is 319 g/mol. The number of carbonyl (C=O) groups is 1. The fourth-order valence-electron chi connectivity index (χ4n) is 2.72. The minimum Gasteiger partial charge on any atom is -0.465 e. The van der Waals surface area contributed by atoms with Crippen LogP contribution in [0.25, 0.3) is 27.8 Å². The van der Waals surface area contributed by atoms with Gasteiger partial charge < -0.3 is 9.72 Å². The van der Waals surface area contributed by atoms with Gasteiger partial charge in [-0.2, -0.15) is 5.10 Å². The number of ether oxygens (including phenoxy) is 1. The number of nitrogens with zero attached hydrogens (tertiary/aromatic N) is 2. The van der Waals surface area contributed by atoms with Crippen LogP contribution in [0.1, 0.15) is 10.4 Å². The summed E-state index contributed by atoms with van der Waals surface area (Å²) in [6, 6.07) is 16.1. The summed E-state index contributed by atoms with van der Waals surface area (Å²) in [4.78, 5) is 26.5. The normalized spacial score (nSPS) is 11.0. The Kier molecular flexibility index (Phi) is 3.16. The van der Waals surface area contributed by atoms with E-state index < -0.39 is 0 Å². The molecular formula is C18H13N3O3. The Balaban J connectivity index is 1.88. The largest absolute Gasteiger partial charge is 0.465 e. The van der Waals surface area contributed by atoms with Crippen molar-refractivity contribution in [3.63, 3.8) is 0 Å². The lowest BCUT2D eigenvalue weighted by Gasteiger charge is -2.01. The van der Waals surface area contributed by atoms with Crippen molar-refractivity contribution in [2.45, 2.75) is 0 Å². The predicted octanol–water partition coefficient (Wildman–Crippen LogP) is 2.63. The molecule has 2 aromatic heterocycles. The molecule has 0 aliphatic carbocycles. The van der Waals surface area contributed by atoms with Gasteiger partial charge in [-0.3, -0.25) is 4.79 Å². The number of methoxy groups -OCH3 is 1. The fourth-order valence-corrected chi connectivity index (χ4v) is 2.72. The summed E-state index contributed by atoms with van der Waals surface area (Å²) in [5.74, 6) is -0.383. The molecule has 0 spiro atoms. The minimum atomic E-state index is -0.383. The van der Waals surface area contributed by atoms with Crippen LogP contribution >= 0.6 is 0 Å². The average molecular weight is 319 g/mol. The van der Waals surface area contributed by atoms with Gasteiger partial charge in [0.25, 0.3) is 5.56 Å². The molecule has 4 aromatic rings. The topological polar surface area (TPSA) is 76.5 Å². The number of fused-ring (bicyclic) bond motifs is 3. The van der Waals surface area contributed by atoms with Gasteiger partial charge in [-0.05, 0) is 24.3 Å². The second kappa shape index (κ2) is 5.34. The number of para-hydroxylation sites is 1. The molecule has 1 N–H and O–H groups in total. The maximum atomic E-state index is 12.1. The summed E-state index contributed by atoms with van der Waals surface area (Å²) in [6.45, 7) is 0. The van der Waals surface area contributed by atoms with Gasteiger partial charge in [0.1, 0.15) is 5.65 Å². The first-order chi connectivity index (χ1) is 11.7. The molecule has 2 aromatic carbocycles. The van der Waals surface area contributed by atoms with Crippen LogP contribution in [0.4, 0.5) is 0 Å². The lowest BCUT2D eigenvalue weighted by Crippen LogP contribution is -2.09. The highest BCUT2D eigenvalue weighted by Crippen LogP contribution is 2.21. The van der Waals surface area contributed by atoms with E-state index in [1.165, 1.54) is 7.11 Å². The highest BCUT2D eigenvalue weighted by Gasteiger charge is 2.11. The van der Waals surface area contributed by atoms with E-state index in [9.17, 15) is 9.59 Å². The molecule has 0 aliphatic rings. The Morgan fingerprint density at radius 1 is 1.12 bits per heavy atom. The van der Waals surface area contributed by atoms with E-state index in [4.69, 9.17) is 4.74 Å². The van der Waals surface area contributed by atoms with E-state index in [-0.39, 0.29) is 11.5 Å². The van der Waals surface area contributed by atoms with Gasteiger partial charge in [0.15, 0.2) is 0 Å². The van der Waals surface area contributed by atoms with Crippen LogP contribution in [0, 0.1) is 0 Å². The van der Waals surface area contributed by atoms with E-state index in [1.54, 1.807) is 40.9 Å². The van der Waals surface area contributed by atoms with Gasteiger partial charge in [-0.1, -0.05) is 24.3 Å². The number of H-pyrrole nitrogens is 1. The van der Waals surface area contributed by atoms with Crippen LogP contribution in [0.2, 0.25) is 0 Å². The third kappa shape index (κ3) is 2.16. The van der Waals surface area contributed by atoms with Crippen molar-refractivity contribution >= 4 is 22.5 Å². The summed E-state index contributed by atoms with van der Waals surface area (Å²) in [5, 5.41) is 5.16. The molecule has 0 atom stereocenters. The molecule has 0 unspecified atom stereocenters. The number of rotatable bonds is 2. The van der Waals surface area contributed by atoms with Crippen molar-refractivity contribution in [1.82, 2.24) is 14.6 Å². The molecule has 24 heavy (non-hydrogen) atoms. The molecule has 6 heteroatoms. The third-order valence-corrected chi connectivity index (χ3v) is 3.93.